The van der Waals surface area contributed by atoms with Gasteiger partial charge in [-0.3, -0.25) is 14.4 Å². The van der Waals surface area contributed by atoms with Gasteiger partial charge in [-0.2, -0.15) is 0 Å². The van der Waals surface area contributed by atoms with Crippen molar-refractivity contribution in [2.45, 2.75) is 19.4 Å². The Bertz CT molecular complexity index is 1150. The summed E-state index contributed by atoms with van der Waals surface area (Å²) < 4.78 is 26.6. The number of carbonyl (C=O) groups is 3. The van der Waals surface area contributed by atoms with Gasteiger partial charge in [-0.15, -0.1) is 0 Å². The van der Waals surface area contributed by atoms with Crippen molar-refractivity contribution >= 4 is 23.4 Å². The summed E-state index contributed by atoms with van der Waals surface area (Å²) in [5.74, 6) is -3.31. The topological polar surface area (TPSA) is 87.3 Å². The standard InChI is InChI=1S/C25H23F2N3O3/c1-16(17-7-3-2-4-8-17)29-25(33)20-9-5-6-10-22(20)30-23(31)13-14-28-24(32)19-12-11-18(26)15-21(19)27/h2-12,15-16H,13-14H2,1H3,(H,28,32)(H,29,33)(H,30,31). The number of halogens is 2. The van der Waals surface area contributed by atoms with Crippen molar-refractivity contribution in [2.75, 3.05) is 11.9 Å². The second-order valence-electron chi connectivity index (χ2n) is 7.33. The number of anilines is 1. The third-order valence-corrected chi connectivity index (χ3v) is 4.91. The van der Waals surface area contributed by atoms with Gasteiger partial charge in [0.2, 0.25) is 5.91 Å². The van der Waals surface area contributed by atoms with E-state index in [4.69, 9.17) is 0 Å². The van der Waals surface area contributed by atoms with Crippen LogP contribution in [-0.4, -0.2) is 24.3 Å². The highest BCUT2D eigenvalue weighted by atomic mass is 19.1. The molecule has 0 aliphatic carbocycles. The highest BCUT2D eigenvalue weighted by molar-refractivity contribution is 6.04. The molecule has 3 rings (SSSR count). The summed E-state index contributed by atoms with van der Waals surface area (Å²) in [6.07, 6.45) is -0.106. The molecule has 3 amide bonds. The van der Waals surface area contributed by atoms with E-state index in [1.54, 1.807) is 24.3 Å². The van der Waals surface area contributed by atoms with Gasteiger partial charge in [-0.05, 0) is 36.8 Å². The number of carbonyl (C=O) groups excluding carboxylic acids is 3. The smallest absolute Gasteiger partial charge is 0.254 e. The van der Waals surface area contributed by atoms with E-state index < -0.39 is 23.4 Å². The van der Waals surface area contributed by atoms with Gasteiger partial charge in [-0.1, -0.05) is 42.5 Å². The quantitative estimate of drug-likeness (QED) is 0.479. The summed E-state index contributed by atoms with van der Waals surface area (Å²) in [5, 5.41) is 7.98. The SMILES string of the molecule is CC(NC(=O)c1ccccc1NC(=O)CCNC(=O)c1ccc(F)cc1F)c1ccccc1. The minimum Gasteiger partial charge on any atom is -0.351 e. The first kappa shape index (κ1) is 23.6. The molecule has 3 aromatic carbocycles. The first-order valence-electron chi connectivity index (χ1n) is 10.3. The van der Waals surface area contributed by atoms with Crippen molar-refractivity contribution in [1.29, 1.82) is 0 Å². The number of hydrogen-bond donors (Lipinski definition) is 3. The molecular formula is C25H23F2N3O3. The summed E-state index contributed by atoms with van der Waals surface area (Å²) in [6, 6.07) is 18.4. The zero-order chi connectivity index (χ0) is 23.8. The zero-order valence-electron chi connectivity index (χ0n) is 17.9. The maximum atomic E-state index is 13.7. The lowest BCUT2D eigenvalue weighted by molar-refractivity contribution is -0.116. The van der Waals surface area contributed by atoms with E-state index >= 15 is 0 Å². The van der Waals surface area contributed by atoms with Gasteiger partial charge in [0.15, 0.2) is 0 Å². The Balaban J connectivity index is 1.56. The van der Waals surface area contributed by atoms with Crippen LogP contribution in [0.4, 0.5) is 14.5 Å². The molecular weight excluding hydrogens is 428 g/mol. The average molecular weight is 451 g/mol. The number of nitrogens with one attached hydrogen (secondary N) is 3. The Labute approximate surface area is 190 Å². The van der Waals surface area contributed by atoms with Crippen molar-refractivity contribution in [3.8, 4) is 0 Å². The van der Waals surface area contributed by atoms with E-state index in [-0.39, 0.29) is 30.5 Å². The monoisotopic (exact) mass is 451 g/mol. The molecule has 0 aliphatic rings. The van der Waals surface area contributed by atoms with Crippen LogP contribution >= 0.6 is 0 Å². The molecule has 0 bridgehead atoms. The molecule has 0 aliphatic heterocycles. The van der Waals surface area contributed by atoms with Crippen LogP contribution in [0.25, 0.3) is 0 Å². The second-order valence-corrected chi connectivity index (χ2v) is 7.33. The Morgan fingerprint density at radius 1 is 0.848 bits per heavy atom. The first-order valence-corrected chi connectivity index (χ1v) is 10.3. The van der Waals surface area contributed by atoms with E-state index in [2.05, 4.69) is 16.0 Å². The van der Waals surface area contributed by atoms with Crippen LogP contribution in [0, 0.1) is 11.6 Å². The van der Waals surface area contributed by atoms with Crippen LogP contribution in [0.2, 0.25) is 0 Å². The zero-order valence-corrected chi connectivity index (χ0v) is 17.9. The van der Waals surface area contributed by atoms with Crippen LogP contribution in [0.1, 0.15) is 45.7 Å². The van der Waals surface area contributed by atoms with Gasteiger partial charge in [0.1, 0.15) is 11.6 Å². The van der Waals surface area contributed by atoms with Gasteiger partial charge in [0, 0.05) is 19.0 Å². The number of amides is 3. The third-order valence-electron chi connectivity index (χ3n) is 4.91. The van der Waals surface area contributed by atoms with Gasteiger partial charge < -0.3 is 16.0 Å². The molecule has 0 saturated heterocycles. The molecule has 33 heavy (non-hydrogen) atoms. The Morgan fingerprint density at radius 2 is 1.55 bits per heavy atom. The average Bonchev–Trinajstić information content (AvgIpc) is 2.79. The highest BCUT2D eigenvalue weighted by Crippen LogP contribution is 2.18. The summed E-state index contributed by atoms with van der Waals surface area (Å²) in [6.45, 7) is 1.79. The van der Waals surface area contributed by atoms with Crippen molar-refractivity contribution < 1.29 is 23.2 Å². The molecule has 0 radical (unpaired) electrons. The minimum atomic E-state index is -0.985. The molecule has 0 spiro atoms. The van der Waals surface area contributed by atoms with E-state index in [1.807, 2.05) is 37.3 Å². The van der Waals surface area contributed by atoms with Crippen LogP contribution in [0.15, 0.2) is 72.8 Å². The van der Waals surface area contributed by atoms with E-state index in [1.165, 1.54) is 0 Å². The van der Waals surface area contributed by atoms with Crippen LogP contribution in [0.5, 0.6) is 0 Å². The molecule has 8 heteroatoms. The van der Waals surface area contributed by atoms with E-state index in [0.29, 0.717) is 17.3 Å². The Morgan fingerprint density at radius 3 is 2.27 bits per heavy atom. The highest BCUT2D eigenvalue weighted by Gasteiger charge is 2.17. The van der Waals surface area contributed by atoms with Crippen molar-refractivity contribution in [3.63, 3.8) is 0 Å². The molecule has 0 saturated carbocycles. The Hall–Kier alpha value is -4.07. The summed E-state index contributed by atoms with van der Waals surface area (Å²) in [4.78, 5) is 37.1. The van der Waals surface area contributed by atoms with Gasteiger partial charge in [-0.25, -0.2) is 8.78 Å². The predicted octanol–water partition coefficient (Wildman–Crippen LogP) is 4.21. The maximum Gasteiger partial charge on any atom is 0.254 e. The fraction of sp³-hybridized carbons (Fsp3) is 0.160. The molecule has 6 nitrogen and oxygen atoms in total. The summed E-state index contributed by atoms with van der Waals surface area (Å²) in [5.41, 5.74) is 1.26. The lowest BCUT2D eigenvalue weighted by Gasteiger charge is -2.16. The molecule has 170 valence electrons. The van der Waals surface area contributed by atoms with Gasteiger partial charge in [0.25, 0.3) is 11.8 Å². The molecule has 1 atom stereocenters. The normalized spacial score (nSPS) is 11.4. The van der Waals surface area contributed by atoms with Gasteiger partial charge in [0.05, 0.1) is 22.9 Å². The van der Waals surface area contributed by atoms with Crippen LogP contribution < -0.4 is 16.0 Å². The number of benzene rings is 3. The largest absolute Gasteiger partial charge is 0.351 e. The molecule has 3 aromatic rings. The van der Waals surface area contributed by atoms with Gasteiger partial charge >= 0.3 is 0 Å². The summed E-state index contributed by atoms with van der Waals surface area (Å²) in [7, 11) is 0. The third kappa shape index (κ3) is 6.46. The molecule has 3 N–H and O–H groups in total. The van der Waals surface area contributed by atoms with E-state index in [0.717, 1.165) is 17.7 Å². The minimum absolute atomic E-state index is 0.0686. The molecule has 1 unspecified atom stereocenters. The maximum absolute atomic E-state index is 13.7. The van der Waals surface area contributed by atoms with Crippen molar-refractivity contribution in [3.05, 3.63) is 101 Å². The summed E-state index contributed by atoms with van der Waals surface area (Å²) >= 11 is 0. The second kappa shape index (κ2) is 11.0. The number of para-hydroxylation sites is 1. The van der Waals surface area contributed by atoms with E-state index in [9.17, 15) is 23.2 Å². The first-order chi connectivity index (χ1) is 15.8. The lowest BCUT2D eigenvalue weighted by atomic mass is 10.1. The Kier molecular flexibility index (Phi) is 7.86. The molecule has 0 aromatic heterocycles. The van der Waals surface area contributed by atoms with Crippen molar-refractivity contribution in [1.82, 2.24) is 10.6 Å². The van der Waals surface area contributed by atoms with Crippen LogP contribution in [-0.2, 0) is 4.79 Å². The molecule has 0 heterocycles. The molecule has 0 fully saturated rings. The van der Waals surface area contributed by atoms with Crippen LogP contribution in [0.3, 0.4) is 0 Å². The van der Waals surface area contributed by atoms with Crippen molar-refractivity contribution in [2.24, 2.45) is 0 Å². The number of rotatable bonds is 8. The lowest BCUT2D eigenvalue weighted by Crippen LogP contribution is -2.29. The number of hydrogen-bond acceptors (Lipinski definition) is 3. The predicted molar refractivity (Wildman–Crippen MR) is 121 cm³/mol. The fourth-order valence-corrected chi connectivity index (χ4v) is 3.16. The fourth-order valence-electron chi connectivity index (χ4n) is 3.16.